The minimum atomic E-state index is -0.0560. The Morgan fingerprint density at radius 1 is 1.43 bits per heavy atom. The standard InChI is InChI=1S/C16H28N4O/c1-12(2)11-20-8-5-14(6-9-20)17-7-4-15-18-13(3)10-16(21)19-15/h10,12,14,17H,4-9,11H2,1-3H3,(H,18,19,21). The maximum atomic E-state index is 11.4. The van der Waals surface area contributed by atoms with Gasteiger partial charge in [-0.05, 0) is 38.8 Å². The van der Waals surface area contributed by atoms with Crippen LogP contribution in [-0.2, 0) is 6.42 Å². The van der Waals surface area contributed by atoms with Crippen LogP contribution in [0.5, 0.6) is 0 Å². The summed E-state index contributed by atoms with van der Waals surface area (Å²) in [6, 6.07) is 2.13. The molecule has 1 saturated heterocycles. The fourth-order valence-electron chi connectivity index (χ4n) is 2.99. The molecule has 2 heterocycles. The van der Waals surface area contributed by atoms with Crippen molar-refractivity contribution >= 4 is 0 Å². The summed E-state index contributed by atoms with van der Waals surface area (Å²) in [5.74, 6) is 1.53. The first kappa shape index (κ1) is 16.2. The smallest absolute Gasteiger partial charge is 0.251 e. The number of nitrogens with one attached hydrogen (secondary N) is 2. The minimum absolute atomic E-state index is 0.0560. The largest absolute Gasteiger partial charge is 0.313 e. The van der Waals surface area contributed by atoms with E-state index in [-0.39, 0.29) is 5.56 Å². The van der Waals surface area contributed by atoms with Crippen molar-refractivity contribution in [3.05, 3.63) is 27.9 Å². The second-order valence-corrected chi connectivity index (χ2v) is 6.51. The van der Waals surface area contributed by atoms with Crippen molar-refractivity contribution in [2.24, 2.45) is 5.92 Å². The number of H-pyrrole nitrogens is 1. The number of aromatic nitrogens is 2. The van der Waals surface area contributed by atoms with E-state index in [1.54, 1.807) is 0 Å². The van der Waals surface area contributed by atoms with Gasteiger partial charge < -0.3 is 15.2 Å². The molecule has 0 bridgehead atoms. The van der Waals surface area contributed by atoms with Gasteiger partial charge in [0.1, 0.15) is 5.82 Å². The predicted molar refractivity (Wildman–Crippen MR) is 85.6 cm³/mol. The molecule has 21 heavy (non-hydrogen) atoms. The van der Waals surface area contributed by atoms with Crippen molar-refractivity contribution in [3.63, 3.8) is 0 Å². The van der Waals surface area contributed by atoms with Crippen LogP contribution in [0.3, 0.4) is 0 Å². The summed E-state index contributed by atoms with van der Waals surface area (Å²) >= 11 is 0. The molecule has 0 radical (unpaired) electrons. The van der Waals surface area contributed by atoms with E-state index in [1.165, 1.54) is 38.5 Å². The highest BCUT2D eigenvalue weighted by Gasteiger charge is 2.18. The number of aryl methyl sites for hydroxylation is 1. The van der Waals surface area contributed by atoms with Crippen molar-refractivity contribution in [1.82, 2.24) is 20.2 Å². The van der Waals surface area contributed by atoms with Gasteiger partial charge in [-0.25, -0.2) is 4.98 Å². The zero-order chi connectivity index (χ0) is 15.2. The molecule has 0 atom stereocenters. The van der Waals surface area contributed by atoms with Crippen LogP contribution in [0.25, 0.3) is 0 Å². The third kappa shape index (κ3) is 5.59. The number of hydrogen-bond donors (Lipinski definition) is 2. The molecule has 2 rings (SSSR count). The molecule has 1 aliphatic heterocycles. The van der Waals surface area contributed by atoms with Gasteiger partial charge in [-0.1, -0.05) is 13.8 Å². The van der Waals surface area contributed by atoms with Gasteiger partial charge in [0.15, 0.2) is 0 Å². The monoisotopic (exact) mass is 292 g/mol. The molecule has 0 unspecified atom stereocenters. The number of hydrogen-bond acceptors (Lipinski definition) is 4. The Balaban J connectivity index is 1.69. The van der Waals surface area contributed by atoms with Crippen LogP contribution in [0.15, 0.2) is 10.9 Å². The summed E-state index contributed by atoms with van der Waals surface area (Å²) in [7, 11) is 0. The lowest BCUT2D eigenvalue weighted by Crippen LogP contribution is -2.44. The highest BCUT2D eigenvalue weighted by molar-refractivity contribution is 5.00. The number of nitrogens with zero attached hydrogens (tertiary/aromatic N) is 2. The van der Waals surface area contributed by atoms with Gasteiger partial charge in [-0.2, -0.15) is 0 Å². The first-order valence-corrected chi connectivity index (χ1v) is 8.05. The molecule has 0 amide bonds. The van der Waals surface area contributed by atoms with Gasteiger partial charge in [-0.3, -0.25) is 4.79 Å². The Hall–Kier alpha value is -1.20. The van der Waals surface area contributed by atoms with E-state index in [0.29, 0.717) is 6.04 Å². The fourth-order valence-corrected chi connectivity index (χ4v) is 2.99. The molecule has 2 N–H and O–H groups in total. The molecule has 5 nitrogen and oxygen atoms in total. The molecule has 1 aromatic rings. The average molecular weight is 292 g/mol. The van der Waals surface area contributed by atoms with Crippen molar-refractivity contribution in [2.75, 3.05) is 26.2 Å². The molecular formula is C16H28N4O. The average Bonchev–Trinajstić information content (AvgIpc) is 2.39. The van der Waals surface area contributed by atoms with Gasteiger partial charge >= 0.3 is 0 Å². The van der Waals surface area contributed by atoms with Gasteiger partial charge in [-0.15, -0.1) is 0 Å². The van der Waals surface area contributed by atoms with Gasteiger partial charge in [0.25, 0.3) is 5.56 Å². The molecule has 1 aromatic heterocycles. The van der Waals surface area contributed by atoms with Crippen LogP contribution in [0.2, 0.25) is 0 Å². The normalized spacial score (nSPS) is 17.5. The molecule has 118 valence electrons. The Kier molecular flexibility index (Phi) is 5.94. The number of rotatable bonds is 6. The summed E-state index contributed by atoms with van der Waals surface area (Å²) < 4.78 is 0. The van der Waals surface area contributed by atoms with E-state index >= 15 is 0 Å². The maximum absolute atomic E-state index is 11.4. The van der Waals surface area contributed by atoms with E-state index < -0.39 is 0 Å². The highest BCUT2D eigenvalue weighted by atomic mass is 16.1. The van der Waals surface area contributed by atoms with Crippen LogP contribution in [0.1, 0.15) is 38.2 Å². The molecule has 5 heteroatoms. The Morgan fingerprint density at radius 3 is 2.76 bits per heavy atom. The predicted octanol–water partition coefficient (Wildman–Crippen LogP) is 1.33. The summed E-state index contributed by atoms with van der Waals surface area (Å²) in [5.41, 5.74) is 0.732. The van der Waals surface area contributed by atoms with E-state index in [9.17, 15) is 4.79 Å². The summed E-state index contributed by atoms with van der Waals surface area (Å²) in [6.45, 7) is 10.9. The lowest BCUT2D eigenvalue weighted by Gasteiger charge is -2.33. The number of piperidine rings is 1. The quantitative estimate of drug-likeness (QED) is 0.830. The zero-order valence-corrected chi connectivity index (χ0v) is 13.5. The first-order valence-electron chi connectivity index (χ1n) is 8.05. The number of aromatic amines is 1. The zero-order valence-electron chi connectivity index (χ0n) is 13.5. The highest BCUT2D eigenvalue weighted by Crippen LogP contribution is 2.11. The lowest BCUT2D eigenvalue weighted by atomic mass is 10.0. The molecule has 0 aliphatic carbocycles. The molecule has 0 spiro atoms. The van der Waals surface area contributed by atoms with Gasteiger partial charge in [0.05, 0.1) is 0 Å². The van der Waals surface area contributed by atoms with E-state index in [4.69, 9.17) is 0 Å². The number of likely N-dealkylation sites (tertiary alicyclic amines) is 1. The van der Waals surface area contributed by atoms with E-state index in [2.05, 4.69) is 34.0 Å². The van der Waals surface area contributed by atoms with Crippen molar-refractivity contribution < 1.29 is 0 Å². The summed E-state index contributed by atoms with van der Waals surface area (Å²) in [6.07, 6.45) is 3.21. The van der Waals surface area contributed by atoms with Crippen LogP contribution in [0.4, 0.5) is 0 Å². The van der Waals surface area contributed by atoms with Crippen molar-refractivity contribution in [1.29, 1.82) is 0 Å². The Labute approximate surface area is 127 Å². The van der Waals surface area contributed by atoms with Gasteiger partial charge in [0, 0.05) is 37.3 Å². The second kappa shape index (κ2) is 7.71. The summed E-state index contributed by atoms with van der Waals surface area (Å²) in [4.78, 5) is 21.1. The van der Waals surface area contributed by atoms with Crippen LogP contribution >= 0.6 is 0 Å². The molecule has 0 saturated carbocycles. The third-order valence-electron chi connectivity index (χ3n) is 3.92. The van der Waals surface area contributed by atoms with Crippen molar-refractivity contribution in [2.45, 2.75) is 46.1 Å². The Bertz CT molecular complexity index is 489. The molecule has 0 aromatic carbocycles. The summed E-state index contributed by atoms with van der Waals surface area (Å²) in [5, 5.41) is 3.59. The lowest BCUT2D eigenvalue weighted by molar-refractivity contribution is 0.180. The SMILES string of the molecule is Cc1cc(=O)[nH]c(CCNC2CCN(CC(C)C)CC2)n1. The second-order valence-electron chi connectivity index (χ2n) is 6.51. The molecule has 1 aliphatic rings. The minimum Gasteiger partial charge on any atom is -0.313 e. The van der Waals surface area contributed by atoms with E-state index in [0.717, 1.165) is 30.4 Å². The first-order chi connectivity index (χ1) is 10.0. The maximum Gasteiger partial charge on any atom is 0.251 e. The van der Waals surface area contributed by atoms with Crippen LogP contribution in [0, 0.1) is 12.8 Å². The molecular weight excluding hydrogens is 264 g/mol. The van der Waals surface area contributed by atoms with E-state index in [1.807, 2.05) is 6.92 Å². The van der Waals surface area contributed by atoms with Crippen molar-refractivity contribution in [3.8, 4) is 0 Å². The van der Waals surface area contributed by atoms with Gasteiger partial charge in [0.2, 0.25) is 0 Å². The van der Waals surface area contributed by atoms with Crippen LogP contribution < -0.4 is 10.9 Å². The molecule has 1 fully saturated rings. The Morgan fingerprint density at radius 2 is 2.14 bits per heavy atom. The third-order valence-corrected chi connectivity index (χ3v) is 3.92. The van der Waals surface area contributed by atoms with Crippen LogP contribution in [-0.4, -0.2) is 47.1 Å². The topological polar surface area (TPSA) is 61.0 Å². The fraction of sp³-hybridized carbons (Fsp3) is 0.750.